The smallest absolute Gasteiger partial charge is 0.356 e. The molecule has 0 aliphatic carbocycles. The maximum Gasteiger partial charge on any atom is 0.356 e. The summed E-state index contributed by atoms with van der Waals surface area (Å²) in [5, 5.41) is 16.4. The maximum absolute atomic E-state index is 10.8. The molecule has 2 heterocycles. The molecular weight excluding hydrogens is 264 g/mol. The van der Waals surface area contributed by atoms with Crippen molar-refractivity contribution >= 4 is 27.4 Å². The number of carboxylic acids is 1. The van der Waals surface area contributed by atoms with Crippen molar-refractivity contribution < 1.29 is 14.6 Å². The van der Waals surface area contributed by atoms with Crippen LogP contribution < -0.4 is 4.74 Å². The quantitative estimate of drug-likeness (QED) is 0.769. The summed E-state index contributed by atoms with van der Waals surface area (Å²) in [4.78, 5) is 11.7. The van der Waals surface area contributed by atoms with Crippen LogP contribution in [0.2, 0.25) is 0 Å². The molecule has 0 bridgehead atoms. The number of rotatable bonds is 3. The van der Waals surface area contributed by atoms with E-state index in [1.165, 1.54) is 17.4 Å². The molecule has 6 heteroatoms. The first-order chi connectivity index (χ1) is 9.19. The molecule has 3 aromatic rings. The minimum Gasteiger partial charge on any atom is -0.495 e. The molecule has 5 nitrogen and oxygen atoms in total. The lowest BCUT2D eigenvalue weighted by Gasteiger charge is -1.98. The van der Waals surface area contributed by atoms with Crippen molar-refractivity contribution in [3.8, 4) is 16.3 Å². The van der Waals surface area contributed by atoms with Crippen LogP contribution in [0.1, 0.15) is 10.5 Å². The maximum atomic E-state index is 10.8. The lowest BCUT2D eigenvalue weighted by molar-refractivity contribution is 0.0690. The van der Waals surface area contributed by atoms with Gasteiger partial charge in [-0.3, -0.25) is 5.10 Å². The third-order valence-corrected chi connectivity index (χ3v) is 3.99. The van der Waals surface area contributed by atoms with Crippen molar-refractivity contribution in [2.75, 3.05) is 7.11 Å². The van der Waals surface area contributed by atoms with E-state index in [2.05, 4.69) is 10.2 Å². The number of carboxylic acid groups (broad SMARTS) is 1. The first-order valence-electron chi connectivity index (χ1n) is 5.54. The van der Waals surface area contributed by atoms with Gasteiger partial charge in [-0.05, 0) is 23.6 Å². The standard InChI is InChI=1S/C13H10N2O3S/c1-18-10-4-2-3-7-5-11(19-12(7)10)8-6-9(13(16)17)15-14-8/h2-6H,1H3,(H,14,15)(H,16,17). The number of thiophene rings is 1. The molecule has 19 heavy (non-hydrogen) atoms. The minimum atomic E-state index is -1.04. The van der Waals surface area contributed by atoms with Crippen LogP contribution in [0.15, 0.2) is 30.3 Å². The van der Waals surface area contributed by atoms with Crippen molar-refractivity contribution in [2.45, 2.75) is 0 Å². The van der Waals surface area contributed by atoms with Gasteiger partial charge in [0, 0.05) is 0 Å². The Morgan fingerprint density at radius 1 is 1.42 bits per heavy atom. The van der Waals surface area contributed by atoms with Crippen LogP contribution in [0, 0.1) is 0 Å². The van der Waals surface area contributed by atoms with E-state index in [9.17, 15) is 4.79 Å². The Morgan fingerprint density at radius 3 is 2.95 bits per heavy atom. The Kier molecular flexibility index (Phi) is 2.72. The molecule has 0 atom stereocenters. The zero-order valence-corrected chi connectivity index (χ0v) is 10.8. The Balaban J connectivity index is 2.12. The Bertz CT molecular complexity index is 760. The van der Waals surface area contributed by atoms with E-state index >= 15 is 0 Å². The molecule has 0 unspecified atom stereocenters. The first-order valence-corrected chi connectivity index (χ1v) is 6.36. The topological polar surface area (TPSA) is 75.2 Å². The number of aromatic amines is 1. The van der Waals surface area contributed by atoms with Gasteiger partial charge >= 0.3 is 5.97 Å². The van der Waals surface area contributed by atoms with Crippen LogP contribution >= 0.6 is 11.3 Å². The molecule has 3 rings (SSSR count). The predicted molar refractivity (Wildman–Crippen MR) is 72.9 cm³/mol. The van der Waals surface area contributed by atoms with Crippen LogP contribution in [0.25, 0.3) is 20.7 Å². The highest BCUT2D eigenvalue weighted by Crippen LogP contribution is 2.37. The van der Waals surface area contributed by atoms with Gasteiger partial charge in [-0.1, -0.05) is 12.1 Å². The molecule has 0 aliphatic rings. The van der Waals surface area contributed by atoms with Gasteiger partial charge in [0.2, 0.25) is 0 Å². The van der Waals surface area contributed by atoms with E-state index in [1.807, 2.05) is 24.3 Å². The predicted octanol–water partition coefficient (Wildman–Crippen LogP) is 3.00. The summed E-state index contributed by atoms with van der Waals surface area (Å²) in [6.07, 6.45) is 0. The second-order valence-electron chi connectivity index (χ2n) is 3.96. The Labute approximate surface area is 112 Å². The van der Waals surface area contributed by atoms with Crippen LogP contribution in [0.4, 0.5) is 0 Å². The van der Waals surface area contributed by atoms with Gasteiger partial charge in [0.05, 0.1) is 22.4 Å². The van der Waals surface area contributed by atoms with Gasteiger partial charge in [-0.25, -0.2) is 4.79 Å². The molecule has 0 aliphatic heterocycles. The second-order valence-corrected chi connectivity index (χ2v) is 5.01. The van der Waals surface area contributed by atoms with Crippen LogP contribution in [-0.2, 0) is 0 Å². The van der Waals surface area contributed by atoms with Crippen molar-refractivity contribution in [1.29, 1.82) is 0 Å². The highest BCUT2D eigenvalue weighted by molar-refractivity contribution is 7.22. The van der Waals surface area contributed by atoms with Crippen molar-refractivity contribution in [2.24, 2.45) is 0 Å². The molecule has 2 aromatic heterocycles. The van der Waals surface area contributed by atoms with Gasteiger partial charge in [0.1, 0.15) is 5.75 Å². The molecular formula is C13H10N2O3S. The van der Waals surface area contributed by atoms with Gasteiger partial charge < -0.3 is 9.84 Å². The van der Waals surface area contributed by atoms with Crippen molar-refractivity contribution in [3.05, 3.63) is 36.0 Å². The third kappa shape index (κ3) is 1.96. The number of nitrogens with zero attached hydrogens (tertiary/aromatic N) is 1. The summed E-state index contributed by atoms with van der Waals surface area (Å²) >= 11 is 1.54. The van der Waals surface area contributed by atoms with Crippen molar-refractivity contribution in [3.63, 3.8) is 0 Å². The molecule has 0 amide bonds. The lowest BCUT2D eigenvalue weighted by atomic mass is 10.2. The summed E-state index contributed by atoms with van der Waals surface area (Å²) in [6, 6.07) is 9.33. The number of hydrogen-bond acceptors (Lipinski definition) is 4. The summed E-state index contributed by atoms with van der Waals surface area (Å²) in [5.74, 6) is -0.229. The van der Waals surface area contributed by atoms with Gasteiger partial charge in [0.25, 0.3) is 0 Å². The average molecular weight is 274 g/mol. The number of ether oxygens (including phenoxy) is 1. The lowest BCUT2D eigenvalue weighted by Crippen LogP contribution is -1.95. The number of nitrogens with one attached hydrogen (secondary N) is 1. The molecule has 0 radical (unpaired) electrons. The number of benzene rings is 1. The Hall–Kier alpha value is -2.34. The largest absolute Gasteiger partial charge is 0.495 e. The fourth-order valence-corrected chi connectivity index (χ4v) is 3.00. The molecule has 0 saturated carbocycles. The zero-order chi connectivity index (χ0) is 13.4. The van der Waals surface area contributed by atoms with Gasteiger partial charge in [0.15, 0.2) is 5.69 Å². The number of fused-ring (bicyclic) bond motifs is 1. The molecule has 2 N–H and O–H groups in total. The fraction of sp³-hybridized carbons (Fsp3) is 0.0769. The number of hydrogen-bond donors (Lipinski definition) is 2. The van der Waals surface area contributed by atoms with Crippen LogP contribution in [0.5, 0.6) is 5.75 Å². The van der Waals surface area contributed by atoms with E-state index in [1.54, 1.807) is 7.11 Å². The highest BCUT2D eigenvalue weighted by atomic mass is 32.1. The van der Waals surface area contributed by atoms with Crippen LogP contribution in [-0.4, -0.2) is 28.4 Å². The summed E-state index contributed by atoms with van der Waals surface area (Å²) in [6.45, 7) is 0. The zero-order valence-electron chi connectivity index (χ0n) is 10.0. The second kappa shape index (κ2) is 4.40. The number of methoxy groups -OCH3 is 1. The van der Waals surface area contributed by atoms with E-state index in [-0.39, 0.29) is 5.69 Å². The Morgan fingerprint density at radius 2 is 2.26 bits per heavy atom. The van der Waals surface area contributed by atoms with E-state index < -0.39 is 5.97 Å². The minimum absolute atomic E-state index is 0.0134. The van der Waals surface area contributed by atoms with E-state index in [0.29, 0.717) is 5.69 Å². The fourth-order valence-electron chi connectivity index (χ4n) is 1.89. The molecule has 96 valence electrons. The third-order valence-electron chi connectivity index (χ3n) is 2.79. The van der Waals surface area contributed by atoms with Gasteiger partial charge in [-0.2, -0.15) is 5.10 Å². The SMILES string of the molecule is COc1cccc2cc(-c3cc(C(=O)O)n[nH]3)sc12. The highest BCUT2D eigenvalue weighted by Gasteiger charge is 2.13. The summed E-state index contributed by atoms with van der Waals surface area (Å²) in [5.41, 5.74) is 0.708. The number of aromatic carboxylic acids is 1. The number of carbonyl (C=O) groups is 1. The van der Waals surface area contributed by atoms with Gasteiger partial charge in [-0.15, -0.1) is 11.3 Å². The average Bonchev–Trinajstić information content (AvgIpc) is 3.04. The summed E-state index contributed by atoms with van der Waals surface area (Å²) in [7, 11) is 1.63. The molecule has 1 aromatic carbocycles. The monoisotopic (exact) mass is 274 g/mol. The number of H-pyrrole nitrogens is 1. The first kappa shape index (κ1) is 11.7. The number of aromatic nitrogens is 2. The molecule has 0 saturated heterocycles. The summed E-state index contributed by atoms with van der Waals surface area (Å²) < 4.78 is 6.34. The normalized spacial score (nSPS) is 10.8. The van der Waals surface area contributed by atoms with E-state index in [0.717, 1.165) is 20.7 Å². The molecule has 0 fully saturated rings. The van der Waals surface area contributed by atoms with Crippen molar-refractivity contribution in [1.82, 2.24) is 10.2 Å². The van der Waals surface area contributed by atoms with E-state index in [4.69, 9.17) is 9.84 Å². The van der Waals surface area contributed by atoms with Crippen LogP contribution in [0.3, 0.4) is 0 Å². The molecule has 0 spiro atoms.